The number of amidine groups is 1. The maximum absolute atomic E-state index is 12.5. The number of anilines is 1. The van der Waals surface area contributed by atoms with Crippen molar-refractivity contribution in [3.05, 3.63) is 66.0 Å². The summed E-state index contributed by atoms with van der Waals surface area (Å²) in [6.07, 6.45) is 1.11. The predicted molar refractivity (Wildman–Crippen MR) is 95.8 cm³/mol. The highest BCUT2D eigenvalue weighted by molar-refractivity contribution is 7.90. The van der Waals surface area contributed by atoms with Gasteiger partial charge in [-0.25, -0.2) is 8.42 Å². The van der Waals surface area contributed by atoms with Gasteiger partial charge in [-0.15, -0.1) is 5.01 Å². The van der Waals surface area contributed by atoms with Crippen LogP contribution in [-0.4, -0.2) is 32.5 Å². The Balaban J connectivity index is 1.83. The van der Waals surface area contributed by atoms with Crippen molar-refractivity contribution in [3.63, 3.8) is 0 Å². The summed E-state index contributed by atoms with van der Waals surface area (Å²) in [5, 5.41) is 13.0. The fourth-order valence-electron chi connectivity index (χ4n) is 2.26. The molecule has 0 fully saturated rings. The molecule has 0 radical (unpaired) electrons. The average Bonchev–Trinajstić information content (AvgIpc) is 2.96. The van der Waals surface area contributed by atoms with E-state index in [1.807, 2.05) is 0 Å². The van der Waals surface area contributed by atoms with Crippen LogP contribution in [-0.2, 0) is 14.6 Å². The zero-order valence-electron chi connectivity index (χ0n) is 13.6. The van der Waals surface area contributed by atoms with E-state index in [-0.39, 0.29) is 10.7 Å². The number of hydrazone groups is 1. The minimum absolute atomic E-state index is 0.0737. The lowest BCUT2D eigenvalue weighted by molar-refractivity contribution is -0.117. The largest absolute Gasteiger partial charge is 0.360 e. The Hall–Kier alpha value is -3.38. The van der Waals surface area contributed by atoms with Gasteiger partial charge in [0.2, 0.25) is 6.04 Å². The molecule has 1 heterocycles. The number of carbonyl (C=O) groups excluding carboxylic acids is 1. The van der Waals surface area contributed by atoms with Crippen LogP contribution in [0.4, 0.5) is 11.4 Å². The normalized spacial score (nSPS) is 17.4. The number of hydrogen-bond donors (Lipinski definition) is 0. The standard InChI is InChI=1S/C17H13N5O3S/c1-18-16-15(17(23)22(21-16)13-6-4-3-5-7-13)20-19-12-8-10-14(11-9-12)26(2,24)25/h3-11,15H,2H3. The molecule has 2 aromatic carbocycles. The monoisotopic (exact) mass is 367 g/mol. The van der Waals surface area contributed by atoms with E-state index in [0.29, 0.717) is 11.4 Å². The van der Waals surface area contributed by atoms with Crippen LogP contribution in [0.3, 0.4) is 0 Å². The van der Waals surface area contributed by atoms with E-state index in [1.165, 1.54) is 24.3 Å². The summed E-state index contributed by atoms with van der Waals surface area (Å²) >= 11 is 0. The van der Waals surface area contributed by atoms with Gasteiger partial charge < -0.3 is 4.85 Å². The molecule has 1 aliphatic rings. The van der Waals surface area contributed by atoms with Gasteiger partial charge in [0.25, 0.3) is 5.91 Å². The second-order valence-corrected chi connectivity index (χ2v) is 7.46. The van der Waals surface area contributed by atoms with Gasteiger partial charge >= 0.3 is 5.84 Å². The van der Waals surface area contributed by atoms with E-state index >= 15 is 0 Å². The lowest BCUT2D eigenvalue weighted by Gasteiger charge is -2.07. The Bertz CT molecular complexity index is 1040. The van der Waals surface area contributed by atoms with Crippen LogP contribution < -0.4 is 5.01 Å². The molecular formula is C17H13N5O3S. The first-order chi connectivity index (χ1) is 12.4. The Morgan fingerprint density at radius 1 is 1.12 bits per heavy atom. The van der Waals surface area contributed by atoms with Crippen LogP contribution in [0, 0.1) is 6.57 Å². The zero-order valence-corrected chi connectivity index (χ0v) is 14.5. The van der Waals surface area contributed by atoms with Gasteiger partial charge in [-0.05, 0) is 41.5 Å². The van der Waals surface area contributed by atoms with E-state index in [9.17, 15) is 13.2 Å². The summed E-state index contributed by atoms with van der Waals surface area (Å²) in [7, 11) is -3.30. The molecule has 0 aromatic heterocycles. The molecule has 0 saturated carbocycles. The maximum Gasteiger partial charge on any atom is 0.307 e. The lowest BCUT2D eigenvalue weighted by atomic mass is 10.2. The molecule has 0 saturated heterocycles. The van der Waals surface area contributed by atoms with Crippen LogP contribution >= 0.6 is 0 Å². The van der Waals surface area contributed by atoms with Crippen molar-refractivity contribution >= 4 is 33.0 Å². The summed E-state index contributed by atoms with van der Waals surface area (Å²) in [5.74, 6) is -0.547. The second kappa shape index (κ2) is 6.85. The highest BCUT2D eigenvalue weighted by Crippen LogP contribution is 2.24. The molecule has 3 rings (SSSR count). The van der Waals surface area contributed by atoms with Crippen molar-refractivity contribution in [2.24, 2.45) is 15.3 Å². The number of azo groups is 1. The molecule has 0 spiro atoms. The smallest absolute Gasteiger partial charge is 0.307 e. The van der Waals surface area contributed by atoms with Crippen molar-refractivity contribution in [1.29, 1.82) is 0 Å². The van der Waals surface area contributed by atoms with E-state index in [0.717, 1.165) is 11.3 Å². The number of nitrogens with zero attached hydrogens (tertiary/aromatic N) is 5. The molecule has 1 unspecified atom stereocenters. The third-order valence-electron chi connectivity index (χ3n) is 3.56. The number of sulfone groups is 1. The van der Waals surface area contributed by atoms with Gasteiger partial charge in [-0.3, -0.25) is 4.79 Å². The third kappa shape index (κ3) is 3.50. The second-order valence-electron chi connectivity index (χ2n) is 5.44. The molecule has 0 aliphatic carbocycles. The molecule has 0 bridgehead atoms. The van der Waals surface area contributed by atoms with E-state index in [4.69, 9.17) is 6.57 Å². The van der Waals surface area contributed by atoms with Crippen LogP contribution in [0.1, 0.15) is 0 Å². The van der Waals surface area contributed by atoms with Crippen molar-refractivity contribution in [1.82, 2.24) is 0 Å². The van der Waals surface area contributed by atoms with Crippen molar-refractivity contribution < 1.29 is 13.2 Å². The Morgan fingerprint density at radius 2 is 1.77 bits per heavy atom. The Kier molecular flexibility index (Phi) is 4.60. The number of hydrogen-bond acceptors (Lipinski definition) is 6. The fraction of sp³-hybridized carbons (Fsp3) is 0.118. The SMILES string of the molecule is [C-]#[N+]C1=NN(c2ccccc2)C(=O)C1N=Nc1ccc(S(C)(=O)=O)cc1. The quantitative estimate of drug-likeness (QED) is 0.614. The Morgan fingerprint density at radius 3 is 2.35 bits per heavy atom. The topological polar surface area (TPSA) is 95.9 Å². The van der Waals surface area contributed by atoms with E-state index < -0.39 is 21.8 Å². The molecular weight excluding hydrogens is 354 g/mol. The minimum atomic E-state index is -3.30. The van der Waals surface area contributed by atoms with Crippen LogP contribution in [0.15, 0.2) is 74.8 Å². The van der Waals surface area contributed by atoms with Crippen molar-refractivity contribution in [2.75, 3.05) is 11.3 Å². The van der Waals surface area contributed by atoms with E-state index in [2.05, 4.69) is 20.2 Å². The minimum Gasteiger partial charge on any atom is -0.360 e. The first-order valence-electron chi connectivity index (χ1n) is 7.46. The van der Waals surface area contributed by atoms with Crippen LogP contribution in [0.5, 0.6) is 0 Å². The first kappa shape index (κ1) is 17.4. The highest BCUT2D eigenvalue weighted by Gasteiger charge is 2.40. The van der Waals surface area contributed by atoms with Crippen LogP contribution in [0.25, 0.3) is 4.85 Å². The lowest BCUT2D eigenvalue weighted by Crippen LogP contribution is -2.29. The number of benzene rings is 2. The molecule has 1 amide bonds. The molecule has 1 aliphatic heterocycles. The van der Waals surface area contributed by atoms with Crippen LogP contribution in [0.2, 0.25) is 0 Å². The van der Waals surface area contributed by atoms with Gasteiger partial charge in [0, 0.05) is 6.26 Å². The molecule has 0 N–H and O–H groups in total. The third-order valence-corrected chi connectivity index (χ3v) is 4.69. The zero-order chi connectivity index (χ0) is 18.7. The van der Waals surface area contributed by atoms with Crippen molar-refractivity contribution in [2.45, 2.75) is 10.9 Å². The number of para-hydroxylation sites is 1. The summed E-state index contributed by atoms with van der Waals surface area (Å²) in [5.41, 5.74) is 0.904. The molecule has 8 nitrogen and oxygen atoms in total. The summed E-state index contributed by atoms with van der Waals surface area (Å²) < 4.78 is 22.9. The predicted octanol–water partition coefficient (Wildman–Crippen LogP) is 2.82. The van der Waals surface area contributed by atoms with Gasteiger partial charge in [0.15, 0.2) is 9.84 Å². The van der Waals surface area contributed by atoms with Gasteiger partial charge in [0.1, 0.15) is 0 Å². The van der Waals surface area contributed by atoms with Gasteiger partial charge in [0.05, 0.1) is 16.3 Å². The van der Waals surface area contributed by atoms with Gasteiger partial charge in [-0.1, -0.05) is 24.8 Å². The van der Waals surface area contributed by atoms with Gasteiger partial charge in [-0.2, -0.15) is 10.2 Å². The van der Waals surface area contributed by atoms with E-state index in [1.54, 1.807) is 30.3 Å². The fourth-order valence-corrected chi connectivity index (χ4v) is 2.89. The molecule has 9 heteroatoms. The summed E-state index contributed by atoms with van der Waals surface area (Å²) in [6.45, 7) is 7.20. The van der Waals surface area contributed by atoms with Crippen molar-refractivity contribution in [3.8, 4) is 0 Å². The summed E-state index contributed by atoms with van der Waals surface area (Å²) in [4.78, 5) is 15.9. The average molecular weight is 367 g/mol. The summed E-state index contributed by atoms with van der Waals surface area (Å²) in [6, 6.07) is 13.4. The first-order valence-corrected chi connectivity index (χ1v) is 9.35. The number of carbonyl (C=O) groups is 1. The molecule has 2 aromatic rings. The maximum atomic E-state index is 12.5. The number of amides is 1. The molecule has 1 atom stereocenters. The molecule has 26 heavy (non-hydrogen) atoms. The Labute approximate surface area is 150 Å². The number of rotatable bonds is 4. The molecule has 130 valence electrons. The highest BCUT2D eigenvalue weighted by atomic mass is 32.2.